The molecule has 1 N–H and O–H groups in total. The predicted molar refractivity (Wildman–Crippen MR) is 47.0 cm³/mol. The van der Waals surface area contributed by atoms with Gasteiger partial charge in [-0.3, -0.25) is 4.79 Å². The van der Waals surface area contributed by atoms with Crippen molar-refractivity contribution in [3.05, 3.63) is 23.0 Å². The van der Waals surface area contributed by atoms with Gasteiger partial charge in [0.2, 0.25) is 0 Å². The Balaban J connectivity index is 2.80. The van der Waals surface area contributed by atoms with E-state index in [0.29, 0.717) is 17.7 Å². The zero-order valence-electron chi connectivity index (χ0n) is 6.69. The minimum Gasteiger partial charge on any atom is -0.313 e. The van der Waals surface area contributed by atoms with Gasteiger partial charge < -0.3 is 9.55 Å². The molecule has 0 radical (unpaired) electrons. The van der Waals surface area contributed by atoms with E-state index in [-0.39, 0.29) is 5.56 Å². The first-order chi connectivity index (χ1) is 6.33. The molecule has 0 saturated carbocycles. The number of hydrogen-bond donors (Lipinski definition) is 1. The molecule has 2 heterocycles. The molecule has 0 bridgehead atoms. The highest BCUT2D eigenvalue weighted by Crippen LogP contribution is 2.01. The minimum absolute atomic E-state index is 0.224. The Hall–Kier alpha value is -2.09. The summed E-state index contributed by atoms with van der Waals surface area (Å²) in [4.78, 5) is 21.6. The first-order valence-corrected chi connectivity index (χ1v) is 3.65. The Bertz CT molecular complexity index is 531. The summed E-state index contributed by atoms with van der Waals surface area (Å²) in [5.74, 6) is 2.43. The maximum absolute atomic E-state index is 11.3. The van der Waals surface area contributed by atoms with Crippen molar-refractivity contribution in [1.82, 2.24) is 19.5 Å². The number of nitrogens with zero attached hydrogens (tertiary/aromatic N) is 3. The molecule has 0 aliphatic heterocycles. The molecule has 13 heavy (non-hydrogen) atoms. The number of terminal acetylenes is 1. The molecule has 0 spiro atoms. The Kier molecular flexibility index (Phi) is 1.60. The van der Waals surface area contributed by atoms with E-state index in [4.69, 9.17) is 6.42 Å². The largest absolute Gasteiger partial charge is 0.313 e. The number of imidazole rings is 1. The summed E-state index contributed by atoms with van der Waals surface area (Å²) < 4.78 is 1.58. The second kappa shape index (κ2) is 2.75. The van der Waals surface area contributed by atoms with Crippen molar-refractivity contribution in [2.24, 2.45) is 0 Å². The van der Waals surface area contributed by atoms with E-state index >= 15 is 0 Å². The number of rotatable bonds is 1. The average molecular weight is 174 g/mol. The van der Waals surface area contributed by atoms with Crippen LogP contribution in [0.4, 0.5) is 0 Å². The van der Waals surface area contributed by atoms with Crippen molar-refractivity contribution in [3.8, 4) is 12.3 Å². The smallest absolute Gasteiger partial charge is 0.277 e. The number of aromatic nitrogens is 4. The Labute approximate surface area is 73.4 Å². The van der Waals surface area contributed by atoms with Crippen molar-refractivity contribution in [3.63, 3.8) is 0 Å². The van der Waals surface area contributed by atoms with Crippen molar-refractivity contribution < 1.29 is 0 Å². The van der Waals surface area contributed by atoms with Crippen LogP contribution < -0.4 is 5.56 Å². The second-order valence-electron chi connectivity index (χ2n) is 2.48. The van der Waals surface area contributed by atoms with Crippen LogP contribution in [0.15, 0.2) is 17.4 Å². The molecule has 0 unspecified atom stereocenters. The molecule has 0 aliphatic carbocycles. The fourth-order valence-corrected chi connectivity index (χ4v) is 1.14. The summed E-state index contributed by atoms with van der Waals surface area (Å²) in [5, 5.41) is 0. The highest BCUT2D eigenvalue weighted by molar-refractivity contribution is 5.68. The summed E-state index contributed by atoms with van der Waals surface area (Å²) in [6.45, 7) is 0.325. The summed E-state index contributed by atoms with van der Waals surface area (Å²) >= 11 is 0. The predicted octanol–water partition coefficient (Wildman–Crippen LogP) is -0.247. The van der Waals surface area contributed by atoms with Crippen LogP contribution in [0.1, 0.15) is 0 Å². The maximum Gasteiger partial charge on any atom is 0.277 e. The van der Waals surface area contributed by atoms with Crippen LogP contribution in [0, 0.1) is 12.3 Å². The van der Waals surface area contributed by atoms with E-state index in [1.165, 1.54) is 12.7 Å². The lowest BCUT2D eigenvalue weighted by Gasteiger charge is -1.94. The summed E-state index contributed by atoms with van der Waals surface area (Å²) in [6, 6.07) is 0. The van der Waals surface area contributed by atoms with E-state index in [1.54, 1.807) is 4.57 Å². The van der Waals surface area contributed by atoms with Gasteiger partial charge >= 0.3 is 0 Å². The molecule has 0 aliphatic rings. The zero-order chi connectivity index (χ0) is 9.26. The average Bonchev–Trinajstić information content (AvgIpc) is 2.51. The summed E-state index contributed by atoms with van der Waals surface area (Å²) in [6.07, 6.45) is 7.95. The summed E-state index contributed by atoms with van der Waals surface area (Å²) in [7, 11) is 0. The Morgan fingerprint density at radius 3 is 3.23 bits per heavy atom. The molecule has 0 atom stereocenters. The van der Waals surface area contributed by atoms with Crippen LogP contribution >= 0.6 is 0 Å². The van der Waals surface area contributed by atoms with Crippen LogP contribution in [-0.4, -0.2) is 19.5 Å². The number of aromatic amines is 1. The molecule has 0 fully saturated rings. The second-order valence-corrected chi connectivity index (χ2v) is 2.48. The monoisotopic (exact) mass is 174 g/mol. The van der Waals surface area contributed by atoms with Gasteiger partial charge in [-0.25, -0.2) is 9.97 Å². The fourth-order valence-electron chi connectivity index (χ4n) is 1.14. The number of hydrogen-bond acceptors (Lipinski definition) is 3. The molecule has 2 aromatic heterocycles. The molecule has 0 saturated heterocycles. The highest BCUT2D eigenvalue weighted by Gasteiger charge is 2.05. The first-order valence-electron chi connectivity index (χ1n) is 3.65. The minimum atomic E-state index is -0.224. The van der Waals surface area contributed by atoms with Gasteiger partial charge in [-0.15, -0.1) is 6.42 Å². The van der Waals surface area contributed by atoms with E-state index in [9.17, 15) is 4.79 Å². The van der Waals surface area contributed by atoms with Crippen molar-refractivity contribution in [2.75, 3.05) is 0 Å². The van der Waals surface area contributed by atoms with Gasteiger partial charge in [-0.05, 0) is 0 Å². The topological polar surface area (TPSA) is 63.6 Å². The molecule has 5 heteroatoms. The van der Waals surface area contributed by atoms with Gasteiger partial charge in [-0.2, -0.15) is 0 Å². The third-order valence-corrected chi connectivity index (χ3v) is 1.68. The number of nitrogens with one attached hydrogen (secondary N) is 1. The third-order valence-electron chi connectivity index (χ3n) is 1.68. The van der Waals surface area contributed by atoms with Crippen LogP contribution in [0.25, 0.3) is 11.2 Å². The van der Waals surface area contributed by atoms with Crippen LogP contribution in [0.3, 0.4) is 0 Å². The lowest BCUT2D eigenvalue weighted by Crippen LogP contribution is -2.10. The van der Waals surface area contributed by atoms with Crippen molar-refractivity contribution in [2.45, 2.75) is 6.54 Å². The SMILES string of the molecule is C#CCn1cnc2nc[nH]c(=O)c21. The molecule has 2 aromatic rings. The molecule has 0 amide bonds. The van der Waals surface area contributed by atoms with E-state index in [2.05, 4.69) is 20.9 Å². The highest BCUT2D eigenvalue weighted by atomic mass is 16.1. The third kappa shape index (κ3) is 1.08. The molecule has 0 aromatic carbocycles. The van der Waals surface area contributed by atoms with E-state index in [0.717, 1.165) is 0 Å². The molecular weight excluding hydrogens is 168 g/mol. The lowest BCUT2D eigenvalue weighted by atomic mass is 10.5. The molecular formula is C8H6N4O. The standard InChI is InChI=1S/C8H6N4O/c1-2-3-12-5-11-7-6(12)8(13)10-4-9-7/h1,4-5H,3H2,(H,9,10,13). The molecule has 5 nitrogen and oxygen atoms in total. The van der Waals surface area contributed by atoms with Crippen LogP contribution in [-0.2, 0) is 6.54 Å². The molecule has 64 valence electrons. The van der Waals surface area contributed by atoms with Gasteiger partial charge in [0.25, 0.3) is 5.56 Å². The summed E-state index contributed by atoms with van der Waals surface area (Å²) in [5.41, 5.74) is 0.609. The van der Waals surface area contributed by atoms with Gasteiger partial charge in [0.15, 0.2) is 11.2 Å². The normalized spacial score (nSPS) is 10.1. The van der Waals surface area contributed by atoms with Gasteiger partial charge in [0.1, 0.15) is 0 Å². The maximum atomic E-state index is 11.3. The lowest BCUT2D eigenvalue weighted by molar-refractivity contribution is 0.864. The van der Waals surface area contributed by atoms with Crippen molar-refractivity contribution >= 4 is 11.2 Å². The van der Waals surface area contributed by atoms with Crippen molar-refractivity contribution in [1.29, 1.82) is 0 Å². The van der Waals surface area contributed by atoms with Gasteiger partial charge in [0.05, 0.1) is 19.2 Å². The Morgan fingerprint density at radius 1 is 1.62 bits per heavy atom. The number of fused-ring (bicyclic) bond motifs is 1. The first kappa shape index (κ1) is 7.55. The van der Waals surface area contributed by atoms with Gasteiger partial charge in [0, 0.05) is 0 Å². The van der Waals surface area contributed by atoms with E-state index < -0.39 is 0 Å². The van der Waals surface area contributed by atoms with Gasteiger partial charge in [-0.1, -0.05) is 5.92 Å². The fraction of sp³-hybridized carbons (Fsp3) is 0.125. The zero-order valence-corrected chi connectivity index (χ0v) is 6.69. The van der Waals surface area contributed by atoms with E-state index in [1.807, 2.05) is 0 Å². The number of H-pyrrole nitrogens is 1. The quantitative estimate of drug-likeness (QED) is 0.606. The van der Waals surface area contributed by atoms with Crippen LogP contribution in [0.5, 0.6) is 0 Å². The Morgan fingerprint density at radius 2 is 2.46 bits per heavy atom. The van der Waals surface area contributed by atoms with Crippen LogP contribution in [0.2, 0.25) is 0 Å². The molecule has 2 rings (SSSR count).